The van der Waals surface area contributed by atoms with Crippen LogP contribution in [0.2, 0.25) is 0 Å². The molecule has 0 aliphatic heterocycles. The van der Waals surface area contributed by atoms with Gasteiger partial charge in [-0.05, 0) is 30.3 Å². The van der Waals surface area contributed by atoms with Gasteiger partial charge < -0.3 is 10.7 Å². The number of nitrogens with zero attached hydrogens (tertiary/aromatic N) is 1. The number of hydrogen-bond acceptors (Lipinski definition) is 4. The highest BCUT2D eigenvalue weighted by Crippen LogP contribution is 2.10. The largest absolute Gasteiger partial charge is 0.348 e. The molecule has 5 nitrogen and oxygen atoms in total. The first-order valence-electron chi connectivity index (χ1n) is 5.75. The molecule has 0 fully saturated rings. The predicted octanol–water partition coefficient (Wildman–Crippen LogP) is 1.58. The van der Waals surface area contributed by atoms with E-state index in [1.165, 1.54) is 18.3 Å². The minimum Gasteiger partial charge on any atom is -0.348 e. The number of nitrogens with two attached hydrogens (primary N) is 1. The number of aromatic nitrogens is 1. The minimum absolute atomic E-state index is 0.0737. The second kappa shape index (κ2) is 6.07. The van der Waals surface area contributed by atoms with E-state index in [2.05, 4.69) is 15.7 Å². The van der Waals surface area contributed by atoms with Crippen molar-refractivity contribution in [2.75, 3.05) is 5.43 Å². The average molecular weight is 278 g/mol. The highest BCUT2D eigenvalue weighted by Gasteiger charge is 2.09. The average Bonchev–Trinajstić information content (AvgIpc) is 2.48. The van der Waals surface area contributed by atoms with Gasteiger partial charge in [-0.1, -0.05) is 0 Å². The van der Waals surface area contributed by atoms with Gasteiger partial charge in [0.2, 0.25) is 0 Å². The Bertz CT molecular complexity index is 634. The number of nitrogen functional groups attached to an aromatic ring is 1. The van der Waals surface area contributed by atoms with Crippen molar-refractivity contribution in [1.29, 1.82) is 0 Å². The molecule has 20 heavy (non-hydrogen) atoms. The van der Waals surface area contributed by atoms with E-state index in [4.69, 9.17) is 5.84 Å². The highest BCUT2D eigenvalue weighted by atomic mass is 19.1. The number of hydrazine groups is 1. The van der Waals surface area contributed by atoms with Crippen LogP contribution in [-0.2, 0) is 6.54 Å². The first-order chi connectivity index (χ1) is 9.60. The molecule has 1 heterocycles. The molecule has 0 saturated heterocycles. The number of hydrogen-bond donors (Lipinski definition) is 3. The van der Waals surface area contributed by atoms with Crippen molar-refractivity contribution in [2.45, 2.75) is 6.54 Å². The van der Waals surface area contributed by atoms with Crippen LogP contribution >= 0.6 is 0 Å². The van der Waals surface area contributed by atoms with E-state index in [0.29, 0.717) is 11.4 Å². The fraction of sp³-hybridized carbons (Fsp3) is 0.0769. The zero-order valence-corrected chi connectivity index (χ0v) is 10.4. The van der Waals surface area contributed by atoms with Gasteiger partial charge in [-0.25, -0.2) is 19.6 Å². The molecule has 104 valence electrons. The summed E-state index contributed by atoms with van der Waals surface area (Å²) in [5, 5.41) is 2.49. The Morgan fingerprint density at radius 1 is 1.25 bits per heavy atom. The van der Waals surface area contributed by atoms with Gasteiger partial charge in [0, 0.05) is 23.9 Å². The van der Waals surface area contributed by atoms with E-state index in [9.17, 15) is 13.6 Å². The number of carbonyl (C=O) groups is 1. The molecule has 1 amide bonds. The molecule has 0 radical (unpaired) electrons. The van der Waals surface area contributed by atoms with E-state index in [1.54, 1.807) is 0 Å². The summed E-state index contributed by atoms with van der Waals surface area (Å²) >= 11 is 0. The number of anilines is 1. The first-order valence-corrected chi connectivity index (χ1v) is 5.75. The van der Waals surface area contributed by atoms with Crippen molar-refractivity contribution in [3.05, 3.63) is 59.3 Å². The van der Waals surface area contributed by atoms with Crippen LogP contribution in [0.1, 0.15) is 15.9 Å². The van der Waals surface area contributed by atoms with Gasteiger partial charge in [0.1, 0.15) is 17.5 Å². The fourth-order valence-electron chi connectivity index (χ4n) is 1.61. The van der Waals surface area contributed by atoms with Crippen molar-refractivity contribution in [2.24, 2.45) is 5.84 Å². The molecule has 0 spiro atoms. The van der Waals surface area contributed by atoms with Gasteiger partial charge in [0.25, 0.3) is 5.91 Å². The van der Waals surface area contributed by atoms with Crippen LogP contribution in [0, 0.1) is 11.6 Å². The number of pyridine rings is 1. The molecule has 0 atom stereocenters. The summed E-state index contributed by atoms with van der Waals surface area (Å²) in [6, 6.07) is 5.99. The van der Waals surface area contributed by atoms with E-state index in [-0.39, 0.29) is 12.1 Å². The van der Waals surface area contributed by atoms with Gasteiger partial charge >= 0.3 is 0 Å². The summed E-state index contributed by atoms with van der Waals surface area (Å²) in [4.78, 5) is 15.7. The SMILES string of the molecule is NNc1cc(C(=O)NCc2cc(F)ccc2F)ccn1. The Labute approximate surface area is 113 Å². The summed E-state index contributed by atoms with van der Waals surface area (Å²) in [5.41, 5.74) is 2.70. The molecule has 0 saturated carbocycles. The van der Waals surface area contributed by atoms with Gasteiger partial charge in [-0.2, -0.15) is 0 Å². The highest BCUT2D eigenvalue weighted by molar-refractivity contribution is 5.94. The zero-order chi connectivity index (χ0) is 14.5. The number of carbonyl (C=O) groups excluding carboxylic acids is 1. The Morgan fingerprint density at radius 3 is 2.80 bits per heavy atom. The van der Waals surface area contributed by atoms with Gasteiger partial charge in [0.15, 0.2) is 0 Å². The Balaban J connectivity index is 2.06. The minimum atomic E-state index is -0.578. The molecule has 0 bridgehead atoms. The standard InChI is InChI=1S/C13H12F2N4O/c14-10-1-2-11(15)9(5-10)7-18-13(20)8-3-4-17-12(6-8)19-16/h1-6H,7,16H2,(H,17,19)(H,18,20). The molecular formula is C13H12F2N4O. The van der Waals surface area contributed by atoms with Crippen LogP contribution in [0.25, 0.3) is 0 Å². The van der Waals surface area contributed by atoms with Gasteiger partial charge in [-0.3, -0.25) is 4.79 Å². The molecule has 2 rings (SSSR count). The Hall–Kier alpha value is -2.54. The van der Waals surface area contributed by atoms with Crippen molar-refractivity contribution < 1.29 is 13.6 Å². The summed E-state index contributed by atoms with van der Waals surface area (Å²) < 4.78 is 26.4. The lowest BCUT2D eigenvalue weighted by Crippen LogP contribution is -2.23. The molecule has 0 aliphatic carbocycles. The van der Waals surface area contributed by atoms with E-state index in [1.807, 2.05) is 0 Å². The monoisotopic (exact) mass is 278 g/mol. The van der Waals surface area contributed by atoms with Gasteiger partial charge in [0.05, 0.1) is 0 Å². The Kier molecular flexibility index (Phi) is 4.21. The summed E-state index contributed by atoms with van der Waals surface area (Å²) in [5.74, 6) is 3.94. The lowest BCUT2D eigenvalue weighted by Gasteiger charge is -2.07. The molecule has 0 unspecified atom stereocenters. The molecule has 2 aromatic rings. The fourth-order valence-corrected chi connectivity index (χ4v) is 1.61. The zero-order valence-electron chi connectivity index (χ0n) is 10.4. The molecule has 1 aromatic heterocycles. The Morgan fingerprint density at radius 2 is 2.05 bits per heavy atom. The predicted molar refractivity (Wildman–Crippen MR) is 69.6 cm³/mol. The molecule has 1 aromatic carbocycles. The molecule has 0 aliphatic rings. The molecule has 7 heteroatoms. The number of amides is 1. The van der Waals surface area contributed by atoms with Crippen LogP contribution in [-0.4, -0.2) is 10.9 Å². The normalized spacial score (nSPS) is 10.2. The summed E-state index contributed by atoms with van der Waals surface area (Å²) in [7, 11) is 0. The number of benzene rings is 1. The van der Waals surface area contributed by atoms with E-state index >= 15 is 0 Å². The van der Waals surface area contributed by atoms with Crippen molar-refractivity contribution in [1.82, 2.24) is 10.3 Å². The van der Waals surface area contributed by atoms with Gasteiger partial charge in [-0.15, -0.1) is 0 Å². The second-order valence-electron chi connectivity index (χ2n) is 3.99. The quantitative estimate of drug-likeness (QED) is 0.586. The van der Waals surface area contributed by atoms with Crippen LogP contribution in [0.4, 0.5) is 14.6 Å². The third-order valence-electron chi connectivity index (χ3n) is 2.62. The maximum Gasteiger partial charge on any atom is 0.251 e. The number of nitrogens with one attached hydrogen (secondary N) is 2. The lowest BCUT2D eigenvalue weighted by atomic mass is 10.2. The van der Waals surface area contributed by atoms with Crippen molar-refractivity contribution >= 4 is 11.7 Å². The molecule has 4 N–H and O–H groups in total. The summed E-state index contributed by atoms with van der Waals surface area (Å²) in [6.45, 7) is -0.115. The van der Waals surface area contributed by atoms with Crippen molar-refractivity contribution in [3.8, 4) is 0 Å². The third-order valence-corrected chi connectivity index (χ3v) is 2.62. The van der Waals surface area contributed by atoms with Crippen LogP contribution in [0.15, 0.2) is 36.5 Å². The smallest absolute Gasteiger partial charge is 0.251 e. The number of rotatable bonds is 4. The van der Waals surface area contributed by atoms with Crippen LogP contribution in [0.5, 0.6) is 0 Å². The van der Waals surface area contributed by atoms with E-state index in [0.717, 1.165) is 18.2 Å². The second-order valence-corrected chi connectivity index (χ2v) is 3.99. The lowest BCUT2D eigenvalue weighted by molar-refractivity contribution is 0.0950. The summed E-state index contributed by atoms with van der Waals surface area (Å²) in [6.07, 6.45) is 1.41. The van der Waals surface area contributed by atoms with E-state index < -0.39 is 17.5 Å². The topological polar surface area (TPSA) is 80.0 Å². The van der Waals surface area contributed by atoms with Crippen LogP contribution < -0.4 is 16.6 Å². The maximum absolute atomic E-state index is 13.4. The van der Waals surface area contributed by atoms with Crippen molar-refractivity contribution in [3.63, 3.8) is 0 Å². The maximum atomic E-state index is 13.4. The third kappa shape index (κ3) is 3.27. The number of halogens is 2. The first kappa shape index (κ1) is 13.9. The molecular weight excluding hydrogens is 266 g/mol. The van der Waals surface area contributed by atoms with Crippen LogP contribution in [0.3, 0.4) is 0 Å².